The largest absolute Gasteiger partial charge is 0 e. The second-order valence-electron chi connectivity index (χ2n) is 13.4. The van der Waals surface area contributed by atoms with Crippen LogP contribution in [-0.4, -0.2) is 31.3 Å². The summed E-state index contributed by atoms with van der Waals surface area (Å²) < 4.78 is 9.67. The van der Waals surface area contributed by atoms with E-state index in [1.807, 2.05) is 48.8 Å². The number of aromatic nitrogens is 2. The van der Waals surface area contributed by atoms with Crippen molar-refractivity contribution in [1.29, 1.82) is 0 Å². The summed E-state index contributed by atoms with van der Waals surface area (Å²) in [6.07, 6.45) is 3.87. The minimum atomic E-state index is -2.44. The van der Waals surface area contributed by atoms with Crippen molar-refractivity contribution >= 4 is 57.3 Å². The summed E-state index contributed by atoms with van der Waals surface area (Å²) >= 11 is -2.44. The van der Waals surface area contributed by atoms with Crippen LogP contribution in [0.15, 0.2) is 114 Å². The van der Waals surface area contributed by atoms with Crippen molar-refractivity contribution in [1.82, 2.24) is 9.97 Å². The molecule has 3 aromatic heterocycles. The molecule has 0 saturated carbocycles. The molecular formula is C40H36GeIrN2OSi-2. The summed E-state index contributed by atoms with van der Waals surface area (Å²) in [5, 5.41) is 3.74. The van der Waals surface area contributed by atoms with Crippen molar-refractivity contribution in [2.24, 2.45) is 0 Å². The van der Waals surface area contributed by atoms with E-state index < -0.39 is 21.3 Å². The molecule has 1 aliphatic heterocycles. The van der Waals surface area contributed by atoms with Gasteiger partial charge in [-0.2, -0.15) is 0 Å². The van der Waals surface area contributed by atoms with Gasteiger partial charge in [0.2, 0.25) is 0 Å². The standard InChI is InChI=1S/C26H20GeNO.C14H16NSi.Ir/c1-16-13-14-28-23(15-16)21-9-6-8-19-20-12-11-18-17-7-4-5-10-22(17)27(2,3)24(18)26(20)29-25(19)21;1-16(2,3)13-9-10-14(15-11-13)12-7-5-4-6-8-12;/h4-8,10-15H,1-3H3;4-7,9-11H,1-3H3;/q2*-1;. The predicted octanol–water partition coefficient (Wildman–Crippen LogP) is 8.65. The monoisotopic (exact) mass is 855 g/mol. The molecule has 1 radical (unpaired) electrons. The van der Waals surface area contributed by atoms with Crippen LogP contribution < -0.4 is 14.0 Å². The van der Waals surface area contributed by atoms with Crippen LogP contribution in [0, 0.1) is 19.1 Å². The van der Waals surface area contributed by atoms with Gasteiger partial charge in [-0.15, -0.1) is 35.9 Å². The Balaban J connectivity index is 0.000000187. The van der Waals surface area contributed by atoms with Gasteiger partial charge in [-0.25, -0.2) is 0 Å². The number of nitrogens with zero attached hydrogens (tertiary/aromatic N) is 2. The van der Waals surface area contributed by atoms with Gasteiger partial charge in [-0.3, -0.25) is 0 Å². The number of hydrogen-bond acceptors (Lipinski definition) is 3. The molecule has 7 aromatic rings. The predicted molar refractivity (Wildman–Crippen MR) is 194 cm³/mol. The summed E-state index contributed by atoms with van der Waals surface area (Å²) in [5.74, 6) is 4.96. The van der Waals surface area contributed by atoms with Gasteiger partial charge in [0, 0.05) is 26.3 Å². The van der Waals surface area contributed by atoms with Crippen LogP contribution in [0.2, 0.25) is 31.2 Å². The van der Waals surface area contributed by atoms with Crippen LogP contribution in [0.1, 0.15) is 5.56 Å². The first-order chi connectivity index (χ1) is 21.6. The van der Waals surface area contributed by atoms with E-state index in [-0.39, 0.29) is 20.1 Å². The Labute approximate surface area is 288 Å². The van der Waals surface area contributed by atoms with Crippen molar-refractivity contribution in [2.75, 3.05) is 0 Å². The molecule has 0 spiro atoms. The Hall–Kier alpha value is -3.61. The number of fused-ring (bicyclic) bond motifs is 7. The van der Waals surface area contributed by atoms with Gasteiger partial charge < -0.3 is 4.98 Å². The zero-order valence-corrected chi connectivity index (χ0v) is 32.5. The molecule has 6 heteroatoms. The first-order valence-electron chi connectivity index (χ1n) is 15.5. The van der Waals surface area contributed by atoms with Gasteiger partial charge in [0.1, 0.15) is 0 Å². The maximum atomic E-state index is 6.66. The maximum absolute atomic E-state index is 6.66. The van der Waals surface area contributed by atoms with Gasteiger partial charge in [-0.1, -0.05) is 31.8 Å². The van der Waals surface area contributed by atoms with Gasteiger partial charge in [0.05, 0.1) is 8.07 Å². The Bertz CT molecular complexity index is 2180. The molecule has 0 amide bonds. The quantitative estimate of drug-likeness (QED) is 0.132. The van der Waals surface area contributed by atoms with E-state index in [2.05, 4.69) is 121 Å². The van der Waals surface area contributed by atoms with Crippen LogP contribution in [-0.2, 0) is 20.1 Å². The van der Waals surface area contributed by atoms with Crippen LogP contribution in [0.5, 0.6) is 0 Å². The molecule has 8 rings (SSSR count). The molecule has 3 nitrogen and oxygen atoms in total. The number of furan rings is 1. The van der Waals surface area contributed by atoms with E-state index in [1.54, 1.807) is 4.40 Å². The van der Waals surface area contributed by atoms with E-state index in [4.69, 9.17) is 4.42 Å². The van der Waals surface area contributed by atoms with Crippen LogP contribution in [0.25, 0.3) is 55.6 Å². The van der Waals surface area contributed by atoms with Crippen molar-refractivity contribution in [3.8, 4) is 33.6 Å². The fourth-order valence-electron chi connectivity index (χ4n) is 6.46. The number of benzene rings is 4. The minimum absolute atomic E-state index is 0. The zero-order valence-electron chi connectivity index (χ0n) is 27.0. The number of rotatable bonds is 3. The minimum Gasteiger partial charge on any atom is 0 e. The molecule has 0 fully saturated rings. The third kappa shape index (κ3) is 5.75. The summed E-state index contributed by atoms with van der Waals surface area (Å²) in [4.78, 5) is 9.10. The molecule has 4 heterocycles. The molecule has 4 aromatic carbocycles. The second-order valence-corrected chi connectivity index (χ2v) is 27.5. The molecule has 0 aliphatic carbocycles. The first kappa shape index (κ1) is 32.3. The fourth-order valence-corrected chi connectivity index (χ4v) is 14.5. The average molecular weight is 854 g/mol. The van der Waals surface area contributed by atoms with Crippen molar-refractivity contribution in [3.63, 3.8) is 0 Å². The number of pyridine rings is 2. The Morgan fingerprint density at radius 1 is 0.717 bits per heavy atom. The van der Waals surface area contributed by atoms with Crippen LogP contribution >= 0.6 is 0 Å². The van der Waals surface area contributed by atoms with Gasteiger partial charge >= 0.3 is 173 Å². The number of aryl methyl sites for hydroxylation is 1. The molecule has 231 valence electrons. The van der Waals surface area contributed by atoms with Gasteiger partial charge in [0.15, 0.2) is 0 Å². The molecular weight excluding hydrogens is 817 g/mol. The Kier molecular flexibility index (Phi) is 8.81. The van der Waals surface area contributed by atoms with E-state index >= 15 is 0 Å². The third-order valence-electron chi connectivity index (χ3n) is 8.90. The molecule has 0 unspecified atom stereocenters. The van der Waals surface area contributed by atoms with Gasteiger partial charge in [0.25, 0.3) is 0 Å². The summed E-state index contributed by atoms with van der Waals surface area (Å²) in [6.45, 7) is 9.08. The summed E-state index contributed by atoms with van der Waals surface area (Å²) in [5.41, 5.74) is 9.80. The van der Waals surface area contributed by atoms with E-state index in [1.165, 1.54) is 31.7 Å². The van der Waals surface area contributed by atoms with Crippen molar-refractivity contribution < 1.29 is 24.5 Å². The zero-order chi connectivity index (χ0) is 31.3. The molecule has 0 atom stereocenters. The Morgan fingerprint density at radius 3 is 2.22 bits per heavy atom. The van der Waals surface area contributed by atoms with E-state index in [0.717, 1.165) is 39.1 Å². The molecule has 46 heavy (non-hydrogen) atoms. The summed E-state index contributed by atoms with van der Waals surface area (Å²) in [7, 11) is -1.23. The van der Waals surface area contributed by atoms with E-state index in [9.17, 15) is 0 Å². The second kappa shape index (κ2) is 12.5. The summed E-state index contributed by atoms with van der Waals surface area (Å²) in [6, 6.07) is 40.5. The SMILES string of the molecule is C[Si](C)(C)c1ccc(-c2[c-]cccc2)nc1.Cc1ccnc(-c2[c-]ccc3c2oc2[c]4c(ccc23)-c2cccc[c]2[Ge]4([CH3])[CH3])c1.[Ir]. The number of hydrogen-bond donors (Lipinski definition) is 0. The molecule has 1 aliphatic rings. The maximum Gasteiger partial charge on any atom is 0 e. The molecule has 0 saturated heterocycles. The topological polar surface area (TPSA) is 38.9 Å². The molecule has 0 N–H and O–H groups in total. The Morgan fingerprint density at radius 2 is 1.50 bits per heavy atom. The fraction of sp³-hybridized carbons (Fsp3) is 0.150. The third-order valence-corrected chi connectivity index (χ3v) is 18.3. The molecule has 0 bridgehead atoms. The van der Waals surface area contributed by atoms with Crippen LogP contribution in [0.3, 0.4) is 0 Å². The first-order valence-corrected chi connectivity index (χ1v) is 25.3. The van der Waals surface area contributed by atoms with Gasteiger partial charge in [-0.05, 0) is 10.9 Å². The van der Waals surface area contributed by atoms with Crippen LogP contribution in [0.4, 0.5) is 0 Å². The van der Waals surface area contributed by atoms with Crippen molar-refractivity contribution in [3.05, 3.63) is 127 Å². The van der Waals surface area contributed by atoms with Crippen molar-refractivity contribution in [2.45, 2.75) is 38.1 Å². The average Bonchev–Trinajstić information content (AvgIpc) is 3.54. The normalized spacial score (nSPS) is 13.0. The van der Waals surface area contributed by atoms with E-state index in [0.29, 0.717) is 0 Å². The smallest absolute Gasteiger partial charge is 0 e.